The molecule has 1 heterocycles. The van der Waals surface area contributed by atoms with Crippen molar-refractivity contribution in [3.63, 3.8) is 0 Å². The van der Waals surface area contributed by atoms with Crippen molar-refractivity contribution in [2.45, 2.75) is 65.2 Å². The molecule has 0 spiro atoms. The van der Waals surface area contributed by atoms with Gasteiger partial charge in [0.25, 0.3) is 0 Å². The van der Waals surface area contributed by atoms with E-state index in [-0.39, 0.29) is 0 Å². The molecule has 0 atom stereocenters. The molecule has 0 amide bonds. The second-order valence-electron chi connectivity index (χ2n) is 9.34. The van der Waals surface area contributed by atoms with E-state index in [0.717, 1.165) is 46.6 Å². The molecule has 0 radical (unpaired) electrons. The summed E-state index contributed by atoms with van der Waals surface area (Å²) >= 11 is 0. The van der Waals surface area contributed by atoms with Gasteiger partial charge in [0.1, 0.15) is 5.69 Å². The summed E-state index contributed by atoms with van der Waals surface area (Å²) in [4.78, 5) is 4.24. The van der Waals surface area contributed by atoms with Crippen molar-refractivity contribution < 1.29 is 0 Å². The van der Waals surface area contributed by atoms with Gasteiger partial charge in [-0.25, -0.2) is 4.98 Å². The van der Waals surface area contributed by atoms with Crippen LogP contribution in [-0.2, 0) is 6.42 Å². The molecule has 0 aliphatic rings. The summed E-state index contributed by atoms with van der Waals surface area (Å²) in [6, 6.07) is 20.1. The smallest absolute Gasteiger partial charge is 0.113 e. The molecular weight excluding hydrogens is 438 g/mol. The average molecular weight is 476 g/mol. The first kappa shape index (κ1) is 26.8. The zero-order valence-electron chi connectivity index (χ0n) is 21.8. The fourth-order valence-corrected chi connectivity index (χ4v) is 3.85. The highest BCUT2D eigenvalue weighted by atomic mass is 15.1. The number of pyridine rings is 1. The minimum absolute atomic E-state index is 0.765. The SMILES string of the molecule is C=C(C)C(=C)CCCCCCCCc1ccc(N=Nc2ccc(C#Cc3ccccn3)c(C)c2)cc1. The highest BCUT2D eigenvalue weighted by Gasteiger charge is 2.00. The summed E-state index contributed by atoms with van der Waals surface area (Å²) in [5.74, 6) is 6.29. The second-order valence-corrected chi connectivity index (χ2v) is 9.34. The summed E-state index contributed by atoms with van der Waals surface area (Å²) in [7, 11) is 0. The summed E-state index contributed by atoms with van der Waals surface area (Å²) < 4.78 is 0. The number of hydrogen-bond donors (Lipinski definition) is 0. The van der Waals surface area contributed by atoms with E-state index < -0.39 is 0 Å². The monoisotopic (exact) mass is 475 g/mol. The minimum atomic E-state index is 0.765. The van der Waals surface area contributed by atoms with Crippen LogP contribution in [0.25, 0.3) is 0 Å². The molecular formula is C33H37N3. The number of azo groups is 1. The summed E-state index contributed by atoms with van der Waals surface area (Å²) in [6.07, 6.45) is 11.6. The first-order valence-electron chi connectivity index (χ1n) is 12.9. The minimum Gasteiger partial charge on any atom is -0.248 e. The summed E-state index contributed by atoms with van der Waals surface area (Å²) in [5, 5.41) is 8.82. The van der Waals surface area contributed by atoms with E-state index in [1.54, 1.807) is 6.20 Å². The summed E-state index contributed by atoms with van der Waals surface area (Å²) in [6.45, 7) is 12.1. The van der Waals surface area contributed by atoms with Crippen LogP contribution in [0.3, 0.4) is 0 Å². The van der Waals surface area contributed by atoms with E-state index in [0.29, 0.717) is 0 Å². The van der Waals surface area contributed by atoms with Crippen molar-refractivity contribution in [3.05, 3.63) is 114 Å². The molecule has 184 valence electrons. The zero-order chi connectivity index (χ0) is 25.6. The van der Waals surface area contributed by atoms with Crippen molar-refractivity contribution in [2.24, 2.45) is 10.2 Å². The maximum absolute atomic E-state index is 4.41. The van der Waals surface area contributed by atoms with Crippen molar-refractivity contribution in [1.82, 2.24) is 4.98 Å². The molecule has 3 aromatic rings. The van der Waals surface area contributed by atoms with Crippen LogP contribution in [0.5, 0.6) is 0 Å². The molecule has 0 aliphatic carbocycles. The van der Waals surface area contributed by atoms with Crippen LogP contribution in [0, 0.1) is 18.8 Å². The number of unbranched alkanes of at least 4 members (excludes halogenated alkanes) is 5. The third kappa shape index (κ3) is 9.47. The lowest BCUT2D eigenvalue weighted by atomic mass is 10.0. The van der Waals surface area contributed by atoms with E-state index >= 15 is 0 Å². The molecule has 36 heavy (non-hydrogen) atoms. The lowest BCUT2D eigenvalue weighted by molar-refractivity contribution is 0.594. The molecule has 3 heteroatoms. The molecule has 1 aromatic heterocycles. The highest BCUT2D eigenvalue weighted by molar-refractivity contribution is 5.51. The van der Waals surface area contributed by atoms with Crippen LogP contribution in [0.1, 0.15) is 74.3 Å². The van der Waals surface area contributed by atoms with Gasteiger partial charge in [-0.15, -0.1) is 0 Å². The Bertz CT molecular complexity index is 1230. The molecule has 0 aliphatic heterocycles. The van der Waals surface area contributed by atoms with E-state index in [9.17, 15) is 0 Å². The van der Waals surface area contributed by atoms with Gasteiger partial charge in [0.05, 0.1) is 11.4 Å². The van der Waals surface area contributed by atoms with Crippen molar-refractivity contribution in [2.75, 3.05) is 0 Å². The molecule has 0 saturated carbocycles. The Morgan fingerprint density at radius 3 is 2.19 bits per heavy atom. The van der Waals surface area contributed by atoms with Gasteiger partial charge in [0.15, 0.2) is 0 Å². The predicted octanol–water partition coefficient (Wildman–Crippen LogP) is 9.61. The lowest BCUT2D eigenvalue weighted by Crippen LogP contribution is -1.87. The van der Waals surface area contributed by atoms with Crippen LogP contribution in [0.2, 0.25) is 0 Å². The predicted molar refractivity (Wildman–Crippen MR) is 152 cm³/mol. The van der Waals surface area contributed by atoms with Crippen LogP contribution in [0.15, 0.2) is 101 Å². The van der Waals surface area contributed by atoms with E-state index in [2.05, 4.69) is 52.3 Å². The van der Waals surface area contributed by atoms with Gasteiger partial charge in [0, 0.05) is 11.8 Å². The highest BCUT2D eigenvalue weighted by Crippen LogP contribution is 2.22. The fourth-order valence-electron chi connectivity index (χ4n) is 3.85. The number of benzene rings is 2. The van der Waals surface area contributed by atoms with Gasteiger partial charge >= 0.3 is 0 Å². The Kier molecular flexibility index (Phi) is 10.9. The van der Waals surface area contributed by atoms with Crippen molar-refractivity contribution >= 4 is 11.4 Å². The third-order valence-electron chi connectivity index (χ3n) is 6.21. The standard InChI is InChI=1S/C33H37N3/c1-26(2)27(3)13-9-7-5-6-8-10-14-29-16-20-32(21-17-29)35-36-33-23-19-30(28(4)25-33)18-22-31-15-11-12-24-34-31/h11-12,15-17,19-21,23-25H,1,3,5-10,13-14H2,2,4H3. The van der Waals surface area contributed by atoms with E-state index in [1.165, 1.54) is 49.7 Å². The molecule has 2 aromatic carbocycles. The zero-order valence-corrected chi connectivity index (χ0v) is 21.8. The fraction of sp³-hybridized carbons (Fsp3) is 0.303. The van der Waals surface area contributed by atoms with Crippen molar-refractivity contribution in [1.29, 1.82) is 0 Å². The molecule has 3 nitrogen and oxygen atoms in total. The molecule has 0 N–H and O–H groups in total. The number of aromatic nitrogens is 1. The van der Waals surface area contributed by atoms with E-state index in [4.69, 9.17) is 0 Å². The Labute approximate surface area is 217 Å². The quantitative estimate of drug-likeness (QED) is 0.111. The van der Waals surface area contributed by atoms with Crippen LogP contribution < -0.4 is 0 Å². The van der Waals surface area contributed by atoms with E-state index in [1.807, 2.05) is 62.4 Å². The molecule has 0 bridgehead atoms. The van der Waals surface area contributed by atoms with Gasteiger partial charge < -0.3 is 0 Å². The van der Waals surface area contributed by atoms with Crippen LogP contribution in [-0.4, -0.2) is 4.98 Å². The van der Waals surface area contributed by atoms with Crippen LogP contribution >= 0.6 is 0 Å². The Balaban J connectivity index is 1.39. The van der Waals surface area contributed by atoms with Gasteiger partial charge in [-0.2, -0.15) is 10.2 Å². The Morgan fingerprint density at radius 2 is 1.50 bits per heavy atom. The first-order valence-corrected chi connectivity index (χ1v) is 12.9. The largest absolute Gasteiger partial charge is 0.248 e. The van der Waals surface area contributed by atoms with Crippen LogP contribution in [0.4, 0.5) is 11.4 Å². The average Bonchev–Trinajstić information content (AvgIpc) is 2.89. The Morgan fingerprint density at radius 1 is 0.806 bits per heavy atom. The topological polar surface area (TPSA) is 37.6 Å². The van der Waals surface area contributed by atoms with Gasteiger partial charge in [-0.3, -0.25) is 0 Å². The number of allylic oxidation sites excluding steroid dienone is 2. The molecule has 0 saturated heterocycles. The first-order chi connectivity index (χ1) is 17.5. The molecule has 3 rings (SSSR count). The number of aryl methyl sites for hydroxylation is 2. The number of hydrogen-bond acceptors (Lipinski definition) is 3. The third-order valence-corrected chi connectivity index (χ3v) is 6.21. The van der Waals surface area contributed by atoms with Crippen molar-refractivity contribution in [3.8, 4) is 11.8 Å². The maximum atomic E-state index is 4.41. The molecule has 0 unspecified atom stereocenters. The maximum Gasteiger partial charge on any atom is 0.113 e. The van der Waals surface area contributed by atoms with Gasteiger partial charge in [-0.1, -0.05) is 74.1 Å². The van der Waals surface area contributed by atoms with Gasteiger partial charge in [0.2, 0.25) is 0 Å². The second kappa shape index (κ2) is 14.6. The Hall–Kier alpha value is -3.77. The number of rotatable bonds is 12. The number of nitrogens with zero attached hydrogens (tertiary/aromatic N) is 3. The molecule has 0 fully saturated rings. The summed E-state index contributed by atoms with van der Waals surface area (Å²) in [5.41, 5.74) is 8.18. The lowest BCUT2D eigenvalue weighted by Gasteiger charge is -2.05. The van der Waals surface area contributed by atoms with Gasteiger partial charge in [-0.05, 0) is 99.0 Å². The normalized spacial score (nSPS) is 10.7.